The summed E-state index contributed by atoms with van der Waals surface area (Å²) in [6, 6.07) is 3.07. The molecule has 0 fully saturated rings. The Morgan fingerprint density at radius 1 is 1.62 bits per heavy atom. The molecule has 0 aliphatic heterocycles. The first-order valence-electron chi connectivity index (χ1n) is 3.56. The van der Waals surface area contributed by atoms with Gasteiger partial charge in [-0.05, 0) is 12.5 Å². The van der Waals surface area contributed by atoms with E-state index in [-0.39, 0.29) is 10.9 Å². The van der Waals surface area contributed by atoms with Gasteiger partial charge in [-0.15, -0.1) is 0 Å². The third-order valence-electron chi connectivity index (χ3n) is 1.72. The van der Waals surface area contributed by atoms with Gasteiger partial charge in [0.2, 0.25) is 5.82 Å². The normalized spacial score (nSPS) is 10.1. The fourth-order valence-corrected chi connectivity index (χ4v) is 1.46. The van der Waals surface area contributed by atoms with Gasteiger partial charge in [-0.3, -0.25) is 10.1 Å². The molecule has 0 N–H and O–H groups in total. The van der Waals surface area contributed by atoms with Crippen LogP contribution in [0, 0.1) is 22.9 Å². The van der Waals surface area contributed by atoms with E-state index < -0.39 is 16.4 Å². The van der Waals surface area contributed by atoms with E-state index in [0.717, 1.165) is 0 Å². The second-order valence-corrected chi connectivity index (χ2v) is 3.16. The van der Waals surface area contributed by atoms with E-state index in [0.29, 0.717) is 5.56 Å². The molecule has 1 rings (SSSR count). The highest BCUT2D eigenvalue weighted by molar-refractivity contribution is 9.08. The van der Waals surface area contributed by atoms with Gasteiger partial charge in [0, 0.05) is 10.9 Å². The number of benzene rings is 1. The fourth-order valence-electron chi connectivity index (χ4n) is 1.01. The highest BCUT2D eigenvalue weighted by atomic mass is 79.9. The first-order chi connectivity index (χ1) is 6.07. The topological polar surface area (TPSA) is 43.1 Å². The number of hydrogen-bond acceptors (Lipinski definition) is 2. The molecule has 0 amide bonds. The van der Waals surface area contributed by atoms with Crippen molar-refractivity contribution in [1.82, 2.24) is 0 Å². The van der Waals surface area contributed by atoms with Crippen LogP contribution < -0.4 is 0 Å². The molecule has 5 heteroatoms. The second kappa shape index (κ2) is 3.83. The number of halogens is 2. The van der Waals surface area contributed by atoms with Crippen LogP contribution in [0.1, 0.15) is 11.1 Å². The Bertz CT molecular complexity index is 354. The molecule has 0 aliphatic carbocycles. The van der Waals surface area contributed by atoms with Gasteiger partial charge in [-0.2, -0.15) is 4.39 Å². The Morgan fingerprint density at radius 2 is 2.23 bits per heavy atom. The number of nitro groups is 1. The number of nitrogens with zero attached hydrogens (tertiary/aromatic N) is 1. The predicted octanol–water partition coefficient (Wildman–Crippen LogP) is 2.94. The number of alkyl halides is 1. The molecule has 0 atom stereocenters. The van der Waals surface area contributed by atoms with Crippen molar-refractivity contribution in [3.05, 3.63) is 39.2 Å². The number of hydrogen-bond donors (Lipinski definition) is 0. The van der Waals surface area contributed by atoms with Gasteiger partial charge in [-0.1, -0.05) is 28.1 Å². The molecular weight excluding hydrogens is 241 g/mol. The molecule has 0 aliphatic rings. The summed E-state index contributed by atoms with van der Waals surface area (Å²) < 4.78 is 13.2. The predicted molar refractivity (Wildman–Crippen MR) is 50.4 cm³/mol. The quantitative estimate of drug-likeness (QED) is 0.458. The molecule has 1 aromatic rings. The molecule has 0 radical (unpaired) electrons. The Labute approximate surface area is 82.8 Å². The minimum Gasteiger partial charge on any atom is -0.258 e. The minimum absolute atomic E-state index is 0.278. The monoisotopic (exact) mass is 247 g/mol. The first kappa shape index (κ1) is 10.1. The summed E-state index contributed by atoms with van der Waals surface area (Å²) >= 11 is 3.06. The average molecular weight is 248 g/mol. The molecule has 0 spiro atoms. The molecule has 13 heavy (non-hydrogen) atoms. The van der Waals surface area contributed by atoms with Crippen molar-refractivity contribution in [2.45, 2.75) is 12.3 Å². The van der Waals surface area contributed by atoms with Gasteiger partial charge in [0.1, 0.15) is 0 Å². The third-order valence-corrected chi connectivity index (χ3v) is 2.32. The van der Waals surface area contributed by atoms with Crippen LogP contribution in [0.15, 0.2) is 12.1 Å². The van der Waals surface area contributed by atoms with E-state index in [1.54, 1.807) is 6.07 Å². The van der Waals surface area contributed by atoms with Gasteiger partial charge in [-0.25, -0.2) is 0 Å². The van der Waals surface area contributed by atoms with Crippen LogP contribution in [-0.4, -0.2) is 4.92 Å². The van der Waals surface area contributed by atoms with E-state index >= 15 is 0 Å². The summed E-state index contributed by atoms with van der Waals surface area (Å²) in [7, 11) is 0. The van der Waals surface area contributed by atoms with Crippen LogP contribution >= 0.6 is 15.9 Å². The van der Waals surface area contributed by atoms with Crippen molar-refractivity contribution >= 4 is 21.6 Å². The molecule has 0 unspecified atom stereocenters. The molecule has 0 bridgehead atoms. The zero-order chi connectivity index (χ0) is 10.0. The molecule has 0 saturated heterocycles. The Hall–Kier alpha value is -0.970. The minimum atomic E-state index is -0.748. The summed E-state index contributed by atoms with van der Waals surface area (Å²) in [6.45, 7) is 1.50. The van der Waals surface area contributed by atoms with Gasteiger partial charge < -0.3 is 0 Å². The van der Waals surface area contributed by atoms with Crippen molar-refractivity contribution in [1.29, 1.82) is 0 Å². The molecule has 1 aromatic carbocycles. The lowest BCUT2D eigenvalue weighted by Crippen LogP contribution is -1.99. The SMILES string of the molecule is Cc1ccc(CBr)c([N+](=O)[O-])c1F. The zero-order valence-electron chi connectivity index (χ0n) is 6.88. The molecule has 0 aromatic heterocycles. The summed E-state index contributed by atoms with van der Waals surface area (Å²) in [5.41, 5.74) is 0.210. The van der Waals surface area contributed by atoms with E-state index in [1.807, 2.05) is 0 Å². The summed E-state index contributed by atoms with van der Waals surface area (Å²) in [6.07, 6.45) is 0. The molecule has 3 nitrogen and oxygen atoms in total. The van der Waals surface area contributed by atoms with Crippen LogP contribution in [0.3, 0.4) is 0 Å². The lowest BCUT2D eigenvalue weighted by Gasteiger charge is -2.01. The van der Waals surface area contributed by atoms with E-state index in [1.165, 1.54) is 13.0 Å². The lowest BCUT2D eigenvalue weighted by atomic mass is 10.1. The Morgan fingerprint density at radius 3 is 2.69 bits per heavy atom. The number of rotatable bonds is 2. The van der Waals surface area contributed by atoms with Crippen LogP contribution in [0.25, 0.3) is 0 Å². The standard InChI is InChI=1S/C8H7BrFNO2/c1-5-2-3-6(4-9)8(7(5)10)11(12)13/h2-3H,4H2,1H3. The highest BCUT2D eigenvalue weighted by Crippen LogP contribution is 2.26. The number of nitro benzene ring substituents is 1. The van der Waals surface area contributed by atoms with Gasteiger partial charge in [0.15, 0.2) is 0 Å². The lowest BCUT2D eigenvalue weighted by molar-refractivity contribution is -0.388. The summed E-state index contributed by atoms with van der Waals surface area (Å²) in [4.78, 5) is 9.80. The van der Waals surface area contributed by atoms with Crippen LogP contribution in [-0.2, 0) is 5.33 Å². The van der Waals surface area contributed by atoms with Crippen LogP contribution in [0.5, 0.6) is 0 Å². The van der Waals surface area contributed by atoms with Gasteiger partial charge >= 0.3 is 5.69 Å². The highest BCUT2D eigenvalue weighted by Gasteiger charge is 2.20. The first-order valence-corrected chi connectivity index (χ1v) is 4.68. The van der Waals surface area contributed by atoms with Crippen molar-refractivity contribution in [2.24, 2.45) is 0 Å². The Kier molecular flexibility index (Phi) is 2.98. The maximum Gasteiger partial charge on any atom is 0.309 e. The van der Waals surface area contributed by atoms with Crippen LogP contribution in [0.2, 0.25) is 0 Å². The third kappa shape index (κ3) is 1.85. The summed E-state index contributed by atoms with van der Waals surface area (Å²) in [5, 5.41) is 10.8. The van der Waals surface area contributed by atoms with Crippen molar-refractivity contribution in [2.75, 3.05) is 0 Å². The van der Waals surface area contributed by atoms with Gasteiger partial charge in [0.05, 0.1) is 4.92 Å². The second-order valence-electron chi connectivity index (χ2n) is 2.59. The van der Waals surface area contributed by atoms with Crippen LogP contribution in [0.4, 0.5) is 10.1 Å². The molecule has 70 valence electrons. The van der Waals surface area contributed by atoms with E-state index in [9.17, 15) is 14.5 Å². The van der Waals surface area contributed by atoms with Gasteiger partial charge in [0.25, 0.3) is 0 Å². The largest absolute Gasteiger partial charge is 0.309 e. The van der Waals surface area contributed by atoms with Crippen molar-refractivity contribution in [3.63, 3.8) is 0 Å². The maximum atomic E-state index is 13.2. The molecule has 0 saturated carbocycles. The van der Waals surface area contributed by atoms with E-state index in [4.69, 9.17) is 0 Å². The summed E-state index contributed by atoms with van der Waals surface area (Å²) in [5.74, 6) is -0.748. The van der Waals surface area contributed by atoms with E-state index in [2.05, 4.69) is 15.9 Å². The molecular formula is C8H7BrFNO2. The number of aryl methyl sites for hydroxylation is 1. The maximum absolute atomic E-state index is 13.2. The zero-order valence-corrected chi connectivity index (χ0v) is 8.47. The average Bonchev–Trinajstić information content (AvgIpc) is 2.08. The Balaban J connectivity index is 3.41. The van der Waals surface area contributed by atoms with Crippen molar-refractivity contribution in [3.8, 4) is 0 Å². The van der Waals surface area contributed by atoms with Crippen molar-refractivity contribution < 1.29 is 9.31 Å². The smallest absolute Gasteiger partial charge is 0.258 e. The fraction of sp³-hybridized carbons (Fsp3) is 0.250. The molecule has 0 heterocycles.